The minimum Gasteiger partial charge on any atom is -0.489 e. The third kappa shape index (κ3) is 4.68. The molecule has 5 heteroatoms. The molecule has 3 aromatic rings. The van der Waals surface area contributed by atoms with Crippen molar-refractivity contribution < 1.29 is 14.2 Å². The molecule has 1 N–H and O–H groups in total. The first kappa shape index (κ1) is 19.9. The SMILES string of the molecule is c1ccc(COc2cccc(C(c3ccc4c(c3)OCO4)N3CCCNCC3)c2)cc1. The van der Waals surface area contributed by atoms with Gasteiger partial charge in [0.05, 0.1) is 6.04 Å². The number of benzene rings is 3. The number of nitrogens with one attached hydrogen (secondary N) is 1. The number of fused-ring (bicyclic) bond motifs is 1. The highest BCUT2D eigenvalue weighted by atomic mass is 16.7. The molecule has 31 heavy (non-hydrogen) atoms. The first-order valence-electron chi connectivity index (χ1n) is 11.0. The van der Waals surface area contributed by atoms with Crippen LogP contribution >= 0.6 is 0 Å². The summed E-state index contributed by atoms with van der Waals surface area (Å²) in [7, 11) is 0. The van der Waals surface area contributed by atoms with Crippen LogP contribution in [0.25, 0.3) is 0 Å². The van der Waals surface area contributed by atoms with E-state index in [-0.39, 0.29) is 6.04 Å². The highest BCUT2D eigenvalue weighted by molar-refractivity contribution is 5.48. The molecule has 0 spiro atoms. The van der Waals surface area contributed by atoms with Gasteiger partial charge in [-0.1, -0.05) is 48.5 Å². The number of nitrogens with zero attached hydrogens (tertiary/aromatic N) is 1. The Labute approximate surface area is 183 Å². The Balaban J connectivity index is 1.44. The van der Waals surface area contributed by atoms with Crippen molar-refractivity contribution in [2.24, 2.45) is 0 Å². The topological polar surface area (TPSA) is 43.0 Å². The fourth-order valence-electron chi connectivity index (χ4n) is 4.34. The average Bonchev–Trinajstić information content (AvgIpc) is 3.13. The van der Waals surface area contributed by atoms with E-state index in [4.69, 9.17) is 14.2 Å². The highest BCUT2D eigenvalue weighted by Crippen LogP contribution is 2.38. The van der Waals surface area contributed by atoms with Crippen molar-refractivity contribution in [3.63, 3.8) is 0 Å². The monoisotopic (exact) mass is 416 g/mol. The Morgan fingerprint density at radius 3 is 2.65 bits per heavy atom. The van der Waals surface area contributed by atoms with E-state index in [9.17, 15) is 0 Å². The van der Waals surface area contributed by atoms with E-state index < -0.39 is 0 Å². The van der Waals surface area contributed by atoms with Crippen LogP contribution in [0.3, 0.4) is 0 Å². The Kier molecular flexibility index (Phi) is 6.05. The van der Waals surface area contributed by atoms with Gasteiger partial charge in [0, 0.05) is 19.6 Å². The van der Waals surface area contributed by atoms with Crippen LogP contribution < -0.4 is 19.5 Å². The minimum atomic E-state index is 0.134. The molecule has 0 saturated carbocycles. The molecule has 5 nitrogen and oxygen atoms in total. The molecular weight excluding hydrogens is 388 g/mol. The van der Waals surface area contributed by atoms with Gasteiger partial charge in [-0.3, -0.25) is 4.90 Å². The Morgan fingerprint density at radius 1 is 0.839 bits per heavy atom. The van der Waals surface area contributed by atoms with Gasteiger partial charge in [-0.05, 0) is 53.9 Å². The average molecular weight is 417 g/mol. The maximum Gasteiger partial charge on any atom is 0.231 e. The standard InChI is InChI=1S/C26H28N2O3/c1-2-6-20(7-3-1)18-29-23-9-4-8-21(16-23)26(28-14-5-12-27-13-15-28)22-10-11-24-25(17-22)31-19-30-24/h1-4,6-11,16-17,26-27H,5,12-15,18-19H2. The Bertz CT molecular complexity index is 1000. The predicted molar refractivity (Wildman–Crippen MR) is 121 cm³/mol. The molecule has 1 saturated heterocycles. The molecule has 2 aliphatic heterocycles. The second-order valence-electron chi connectivity index (χ2n) is 8.00. The molecule has 0 aliphatic carbocycles. The lowest BCUT2D eigenvalue weighted by Crippen LogP contribution is -2.33. The molecule has 2 heterocycles. The molecule has 0 bridgehead atoms. The van der Waals surface area contributed by atoms with E-state index in [2.05, 4.69) is 52.7 Å². The second kappa shape index (κ2) is 9.41. The summed E-state index contributed by atoms with van der Waals surface area (Å²) in [6.07, 6.45) is 1.13. The zero-order valence-electron chi connectivity index (χ0n) is 17.6. The fourth-order valence-corrected chi connectivity index (χ4v) is 4.34. The van der Waals surface area contributed by atoms with Crippen molar-refractivity contribution >= 4 is 0 Å². The number of hydrogen-bond donors (Lipinski definition) is 1. The summed E-state index contributed by atoms with van der Waals surface area (Å²) in [5.41, 5.74) is 3.61. The van der Waals surface area contributed by atoms with Crippen LogP contribution in [0.5, 0.6) is 17.2 Å². The molecule has 0 radical (unpaired) electrons. The van der Waals surface area contributed by atoms with E-state index >= 15 is 0 Å². The normalized spacial score (nSPS) is 17.2. The maximum atomic E-state index is 6.13. The van der Waals surface area contributed by atoms with Crippen LogP contribution in [0, 0.1) is 0 Å². The van der Waals surface area contributed by atoms with Crippen molar-refractivity contribution in [1.82, 2.24) is 10.2 Å². The van der Waals surface area contributed by atoms with E-state index in [0.29, 0.717) is 13.4 Å². The molecule has 1 atom stereocenters. The first-order valence-corrected chi connectivity index (χ1v) is 11.0. The molecule has 1 fully saturated rings. The highest BCUT2D eigenvalue weighted by Gasteiger charge is 2.26. The van der Waals surface area contributed by atoms with E-state index in [1.165, 1.54) is 16.7 Å². The third-order valence-corrected chi connectivity index (χ3v) is 5.87. The zero-order valence-corrected chi connectivity index (χ0v) is 17.6. The lowest BCUT2D eigenvalue weighted by molar-refractivity contribution is 0.173. The van der Waals surface area contributed by atoms with Gasteiger partial charge in [-0.25, -0.2) is 0 Å². The van der Waals surface area contributed by atoms with Gasteiger partial charge in [-0.2, -0.15) is 0 Å². The zero-order chi connectivity index (χ0) is 20.9. The van der Waals surface area contributed by atoms with E-state index in [0.717, 1.165) is 49.8 Å². The number of ether oxygens (including phenoxy) is 3. The summed E-state index contributed by atoms with van der Waals surface area (Å²) in [6.45, 7) is 4.94. The summed E-state index contributed by atoms with van der Waals surface area (Å²) >= 11 is 0. The van der Waals surface area contributed by atoms with Crippen LogP contribution in [-0.4, -0.2) is 37.9 Å². The van der Waals surface area contributed by atoms with Crippen molar-refractivity contribution in [3.8, 4) is 17.2 Å². The minimum absolute atomic E-state index is 0.134. The van der Waals surface area contributed by atoms with Crippen molar-refractivity contribution in [3.05, 3.63) is 89.5 Å². The molecule has 160 valence electrons. The molecule has 5 rings (SSSR count). The van der Waals surface area contributed by atoms with E-state index in [1.54, 1.807) is 0 Å². The van der Waals surface area contributed by atoms with Crippen LogP contribution in [0.15, 0.2) is 72.8 Å². The lowest BCUT2D eigenvalue weighted by atomic mass is 9.96. The number of hydrogen-bond acceptors (Lipinski definition) is 5. The van der Waals surface area contributed by atoms with Crippen LogP contribution in [0.2, 0.25) is 0 Å². The van der Waals surface area contributed by atoms with Crippen molar-refractivity contribution in [2.45, 2.75) is 19.1 Å². The van der Waals surface area contributed by atoms with Crippen LogP contribution in [0.4, 0.5) is 0 Å². The summed E-state index contributed by atoms with van der Waals surface area (Å²) in [5.74, 6) is 2.53. The van der Waals surface area contributed by atoms with Gasteiger partial charge in [0.2, 0.25) is 6.79 Å². The van der Waals surface area contributed by atoms with Gasteiger partial charge in [0.1, 0.15) is 12.4 Å². The van der Waals surface area contributed by atoms with Crippen LogP contribution in [-0.2, 0) is 6.61 Å². The van der Waals surface area contributed by atoms with Gasteiger partial charge >= 0.3 is 0 Å². The smallest absolute Gasteiger partial charge is 0.231 e. The Hall–Kier alpha value is -3.02. The number of rotatable bonds is 6. The summed E-state index contributed by atoms with van der Waals surface area (Å²) in [6, 6.07) is 25.2. The van der Waals surface area contributed by atoms with E-state index in [1.807, 2.05) is 30.3 Å². The molecule has 2 aliphatic rings. The molecular formula is C26H28N2O3. The first-order chi connectivity index (χ1) is 15.4. The van der Waals surface area contributed by atoms with Gasteiger partial charge < -0.3 is 19.5 Å². The predicted octanol–water partition coefficient (Wildman–Crippen LogP) is 4.38. The lowest BCUT2D eigenvalue weighted by Gasteiger charge is -2.31. The van der Waals surface area contributed by atoms with Gasteiger partial charge in [0.25, 0.3) is 0 Å². The molecule has 1 unspecified atom stereocenters. The van der Waals surface area contributed by atoms with Crippen molar-refractivity contribution in [2.75, 3.05) is 33.0 Å². The molecule has 0 aromatic heterocycles. The largest absolute Gasteiger partial charge is 0.489 e. The fraction of sp³-hybridized carbons (Fsp3) is 0.308. The van der Waals surface area contributed by atoms with Crippen LogP contribution in [0.1, 0.15) is 29.2 Å². The Morgan fingerprint density at radius 2 is 1.71 bits per heavy atom. The quantitative estimate of drug-likeness (QED) is 0.646. The molecule has 3 aromatic carbocycles. The summed E-state index contributed by atoms with van der Waals surface area (Å²) < 4.78 is 17.3. The maximum absolute atomic E-state index is 6.13. The van der Waals surface area contributed by atoms with Crippen molar-refractivity contribution in [1.29, 1.82) is 0 Å². The summed E-state index contributed by atoms with van der Waals surface area (Å²) in [4.78, 5) is 2.55. The molecule has 0 amide bonds. The second-order valence-corrected chi connectivity index (χ2v) is 8.00. The van der Waals surface area contributed by atoms with Gasteiger partial charge in [0.15, 0.2) is 11.5 Å². The summed E-state index contributed by atoms with van der Waals surface area (Å²) in [5, 5.41) is 3.52. The third-order valence-electron chi connectivity index (χ3n) is 5.87. The van der Waals surface area contributed by atoms with Gasteiger partial charge in [-0.15, -0.1) is 0 Å².